The Hall–Kier alpha value is -1.56. The molecule has 0 aliphatic heterocycles. The van der Waals surface area contributed by atoms with Gasteiger partial charge in [-0.05, 0) is 80.0 Å². The maximum absolute atomic E-state index is 2.50. The van der Waals surface area contributed by atoms with Gasteiger partial charge in [0.1, 0.15) is 0 Å². The second kappa shape index (κ2) is 8.28. The molecule has 0 saturated heterocycles. The molecule has 184 valence electrons. The van der Waals surface area contributed by atoms with Gasteiger partial charge in [-0.1, -0.05) is 121 Å². The summed E-state index contributed by atoms with van der Waals surface area (Å²) < 4.78 is 0. The van der Waals surface area contributed by atoms with E-state index >= 15 is 0 Å². The highest BCUT2D eigenvalue weighted by Crippen LogP contribution is 2.44. The Kier molecular flexibility index (Phi) is 6.95. The van der Waals surface area contributed by atoms with Crippen molar-refractivity contribution in [3.8, 4) is 0 Å². The minimum atomic E-state index is -0.101. The number of rotatable bonds is 2. The van der Waals surface area contributed by atoms with Gasteiger partial charge in [-0.15, -0.1) is 0 Å². The first-order chi connectivity index (χ1) is 14.5. The van der Waals surface area contributed by atoms with E-state index in [0.717, 1.165) is 0 Å². The Morgan fingerprint density at radius 3 is 0.818 bits per heavy atom. The van der Waals surface area contributed by atoms with Gasteiger partial charge < -0.3 is 0 Å². The summed E-state index contributed by atoms with van der Waals surface area (Å²) in [6.45, 7) is 37.7. The topological polar surface area (TPSA) is 0 Å². The summed E-state index contributed by atoms with van der Waals surface area (Å²) in [5.41, 5.74) is 12.0. The van der Waals surface area contributed by atoms with Crippen molar-refractivity contribution in [1.82, 2.24) is 0 Å². The van der Waals surface area contributed by atoms with E-state index in [1.54, 1.807) is 0 Å². The van der Waals surface area contributed by atoms with Gasteiger partial charge in [0.2, 0.25) is 0 Å². The summed E-state index contributed by atoms with van der Waals surface area (Å²) in [6, 6.07) is 9.94. The van der Waals surface area contributed by atoms with Crippen LogP contribution in [0.4, 0.5) is 0 Å². The van der Waals surface area contributed by atoms with Crippen LogP contribution in [0.5, 0.6) is 0 Å². The third kappa shape index (κ3) is 5.58. The van der Waals surface area contributed by atoms with Gasteiger partial charge in [0.05, 0.1) is 0 Å². The third-order valence-corrected chi connectivity index (χ3v) is 7.51. The summed E-state index contributed by atoms with van der Waals surface area (Å²) in [5.74, 6) is 0. The molecule has 0 N–H and O–H groups in total. The van der Waals surface area contributed by atoms with Crippen LogP contribution in [0.2, 0.25) is 0 Å². The van der Waals surface area contributed by atoms with Gasteiger partial charge in [0, 0.05) is 5.41 Å². The lowest BCUT2D eigenvalue weighted by atomic mass is 9.67. The average molecular weight is 449 g/mol. The molecular formula is C33H52. The molecule has 0 atom stereocenters. The summed E-state index contributed by atoms with van der Waals surface area (Å²) in [5, 5.41) is 0. The molecule has 33 heavy (non-hydrogen) atoms. The Bertz CT molecular complexity index is 933. The Balaban J connectivity index is 3.00. The van der Waals surface area contributed by atoms with E-state index in [1.165, 1.54) is 44.5 Å². The molecule has 0 amide bonds. The molecule has 0 heteroatoms. The van der Waals surface area contributed by atoms with Crippen molar-refractivity contribution in [2.24, 2.45) is 0 Å². The van der Waals surface area contributed by atoms with E-state index in [4.69, 9.17) is 0 Å². The van der Waals surface area contributed by atoms with Crippen LogP contribution in [-0.4, -0.2) is 0 Å². The highest BCUT2D eigenvalue weighted by Gasteiger charge is 2.34. The fourth-order valence-corrected chi connectivity index (χ4v) is 5.30. The monoisotopic (exact) mass is 448 g/mol. The lowest BCUT2D eigenvalue weighted by Gasteiger charge is -2.38. The zero-order valence-electron chi connectivity index (χ0n) is 24.8. The van der Waals surface area contributed by atoms with Gasteiger partial charge >= 0.3 is 0 Å². The molecule has 2 rings (SSSR count). The highest BCUT2D eigenvalue weighted by molar-refractivity contribution is 5.55. The van der Waals surface area contributed by atoms with Gasteiger partial charge in [0.25, 0.3) is 0 Å². The molecule has 0 radical (unpaired) electrons. The molecule has 0 nitrogen and oxygen atoms in total. The molecule has 0 aromatic heterocycles. The SMILES string of the molecule is Cc1c(C(C)(C)C)cc(C(C)(C)C)cc1C(C)(C)c1cc(C(C)(C)C)cc(C(C)(C)C)c1C. The van der Waals surface area contributed by atoms with E-state index in [-0.39, 0.29) is 27.1 Å². The molecule has 0 spiro atoms. The molecule has 2 aromatic rings. The molecule has 0 bridgehead atoms. The fourth-order valence-electron chi connectivity index (χ4n) is 5.30. The Morgan fingerprint density at radius 1 is 0.364 bits per heavy atom. The average Bonchev–Trinajstić information content (AvgIpc) is 2.57. The lowest BCUT2D eigenvalue weighted by Crippen LogP contribution is -2.28. The van der Waals surface area contributed by atoms with Gasteiger partial charge in [0.15, 0.2) is 0 Å². The molecule has 0 heterocycles. The van der Waals surface area contributed by atoms with Crippen molar-refractivity contribution >= 4 is 0 Å². The molecule has 2 aromatic carbocycles. The smallest absolute Gasteiger partial charge is 0.0152 e. The van der Waals surface area contributed by atoms with Crippen LogP contribution in [0, 0.1) is 13.8 Å². The summed E-state index contributed by atoms with van der Waals surface area (Å²) in [7, 11) is 0. The molecule has 0 fully saturated rings. The molecule has 0 saturated carbocycles. The van der Waals surface area contributed by atoms with Gasteiger partial charge in [-0.2, -0.15) is 0 Å². The van der Waals surface area contributed by atoms with E-state index in [1.807, 2.05) is 0 Å². The highest BCUT2D eigenvalue weighted by atomic mass is 14.4. The van der Waals surface area contributed by atoms with E-state index in [2.05, 4.69) is 135 Å². The normalized spacial score (nSPS) is 14.1. The summed E-state index contributed by atoms with van der Waals surface area (Å²) in [6.07, 6.45) is 0. The van der Waals surface area contributed by atoms with Crippen LogP contribution in [0.1, 0.15) is 141 Å². The number of benzene rings is 2. The molecule has 0 aliphatic rings. The summed E-state index contributed by atoms with van der Waals surface area (Å²) in [4.78, 5) is 0. The predicted octanol–water partition coefficient (Wildman–Crippen LogP) is 9.82. The van der Waals surface area contributed by atoms with E-state index in [0.29, 0.717) is 0 Å². The maximum atomic E-state index is 2.50. The zero-order valence-corrected chi connectivity index (χ0v) is 24.8. The van der Waals surface area contributed by atoms with Crippen LogP contribution in [0.25, 0.3) is 0 Å². The number of hydrogen-bond donors (Lipinski definition) is 0. The van der Waals surface area contributed by atoms with Gasteiger partial charge in [-0.25, -0.2) is 0 Å². The number of hydrogen-bond acceptors (Lipinski definition) is 0. The van der Waals surface area contributed by atoms with Crippen molar-refractivity contribution in [3.63, 3.8) is 0 Å². The van der Waals surface area contributed by atoms with Crippen LogP contribution >= 0.6 is 0 Å². The standard InChI is InChI=1S/C33H52/c1-21-25(31(9,10)11)17-23(29(3,4)5)19-27(21)33(15,16)28-20-24(30(6,7)8)18-26(22(28)2)32(12,13)14/h17-20H,1-16H3. The maximum Gasteiger partial charge on any atom is 0.0152 e. The molecule has 0 unspecified atom stereocenters. The largest absolute Gasteiger partial charge is 0.0561 e. The Morgan fingerprint density at radius 2 is 0.606 bits per heavy atom. The predicted molar refractivity (Wildman–Crippen MR) is 149 cm³/mol. The van der Waals surface area contributed by atoms with Crippen molar-refractivity contribution in [1.29, 1.82) is 0 Å². The summed E-state index contributed by atoms with van der Waals surface area (Å²) >= 11 is 0. The Labute approximate surface area is 206 Å². The first kappa shape index (κ1) is 27.7. The zero-order chi connectivity index (χ0) is 25.9. The first-order valence-corrected chi connectivity index (χ1v) is 12.8. The van der Waals surface area contributed by atoms with Crippen molar-refractivity contribution in [3.05, 3.63) is 68.8 Å². The van der Waals surface area contributed by atoms with Crippen molar-refractivity contribution in [2.45, 2.75) is 138 Å². The quantitative estimate of drug-likeness (QED) is 0.429. The van der Waals surface area contributed by atoms with Crippen LogP contribution in [0.3, 0.4) is 0 Å². The fraction of sp³-hybridized carbons (Fsp3) is 0.636. The first-order valence-electron chi connectivity index (χ1n) is 12.8. The lowest BCUT2D eigenvalue weighted by molar-refractivity contribution is 0.543. The van der Waals surface area contributed by atoms with E-state index < -0.39 is 0 Å². The minimum absolute atomic E-state index is 0.101. The van der Waals surface area contributed by atoms with Crippen LogP contribution in [-0.2, 0) is 27.1 Å². The van der Waals surface area contributed by atoms with Crippen LogP contribution < -0.4 is 0 Å². The van der Waals surface area contributed by atoms with Crippen molar-refractivity contribution in [2.75, 3.05) is 0 Å². The second-order valence-electron chi connectivity index (χ2n) is 15.0. The molecule has 0 aliphatic carbocycles. The van der Waals surface area contributed by atoms with Gasteiger partial charge in [-0.3, -0.25) is 0 Å². The second-order valence-corrected chi connectivity index (χ2v) is 15.0. The molecular weight excluding hydrogens is 396 g/mol. The van der Waals surface area contributed by atoms with E-state index in [9.17, 15) is 0 Å². The third-order valence-electron chi connectivity index (χ3n) is 7.51. The minimum Gasteiger partial charge on any atom is -0.0561 e. The van der Waals surface area contributed by atoms with Crippen molar-refractivity contribution < 1.29 is 0 Å². The van der Waals surface area contributed by atoms with Crippen LogP contribution in [0.15, 0.2) is 24.3 Å².